The number of hydrogen-bond donors (Lipinski definition) is 1. The first-order valence-corrected chi connectivity index (χ1v) is 8.10. The molecule has 1 radical (unpaired) electrons. The van der Waals surface area contributed by atoms with Crippen molar-refractivity contribution in [3.63, 3.8) is 0 Å². The molecule has 1 amide bonds. The van der Waals surface area contributed by atoms with Crippen LogP contribution >= 0.6 is 11.6 Å². The van der Waals surface area contributed by atoms with Gasteiger partial charge in [-0.15, -0.1) is 0 Å². The molecule has 0 atom stereocenters. The van der Waals surface area contributed by atoms with Gasteiger partial charge in [0.15, 0.2) is 0 Å². The SMILES string of the molecule is NC(=O)c1cccc2c1c1[c]c(F)ccc1n2Cc1ccccc1Cl. The second-order valence-electron chi connectivity index (χ2n) is 5.81. The molecule has 25 heavy (non-hydrogen) atoms. The van der Waals surface area contributed by atoms with Crippen LogP contribution in [0.4, 0.5) is 4.39 Å². The summed E-state index contributed by atoms with van der Waals surface area (Å²) in [5, 5.41) is 1.79. The van der Waals surface area contributed by atoms with E-state index in [0.29, 0.717) is 27.9 Å². The van der Waals surface area contributed by atoms with E-state index in [9.17, 15) is 9.18 Å². The van der Waals surface area contributed by atoms with Crippen LogP contribution in [-0.2, 0) is 6.54 Å². The predicted octanol–water partition coefficient (Wildman–Crippen LogP) is 4.53. The third kappa shape index (κ3) is 2.55. The summed E-state index contributed by atoms with van der Waals surface area (Å²) in [5.74, 6) is -1.04. The number of primary amides is 1. The molecule has 0 aliphatic rings. The first-order chi connectivity index (χ1) is 12.1. The van der Waals surface area contributed by atoms with E-state index in [4.69, 9.17) is 17.3 Å². The molecule has 0 fully saturated rings. The van der Waals surface area contributed by atoms with Gasteiger partial charge < -0.3 is 10.3 Å². The molecule has 1 heterocycles. The lowest BCUT2D eigenvalue weighted by Crippen LogP contribution is -2.11. The Morgan fingerprint density at radius 2 is 1.88 bits per heavy atom. The van der Waals surface area contributed by atoms with E-state index in [1.165, 1.54) is 6.07 Å². The highest BCUT2D eigenvalue weighted by atomic mass is 35.5. The maximum absolute atomic E-state index is 13.8. The Bertz CT molecular complexity index is 1130. The molecule has 0 saturated carbocycles. The first-order valence-electron chi connectivity index (χ1n) is 7.72. The van der Waals surface area contributed by atoms with Crippen molar-refractivity contribution in [1.82, 2.24) is 4.57 Å². The zero-order valence-corrected chi connectivity index (χ0v) is 13.8. The number of nitrogens with zero attached hydrogens (tertiary/aromatic N) is 1. The highest BCUT2D eigenvalue weighted by Crippen LogP contribution is 2.33. The Labute approximate surface area is 148 Å². The van der Waals surface area contributed by atoms with Gasteiger partial charge >= 0.3 is 0 Å². The molecule has 5 heteroatoms. The van der Waals surface area contributed by atoms with Crippen LogP contribution in [-0.4, -0.2) is 10.5 Å². The van der Waals surface area contributed by atoms with E-state index in [1.807, 2.05) is 34.9 Å². The minimum atomic E-state index is -0.556. The van der Waals surface area contributed by atoms with Crippen LogP contribution in [0.15, 0.2) is 54.6 Å². The minimum Gasteiger partial charge on any atom is -0.366 e. The van der Waals surface area contributed by atoms with Gasteiger partial charge in [0.1, 0.15) is 5.82 Å². The third-order valence-electron chi connectivity index (χ3n) is 4.31. The molecule has 4 aromatic rings. The largest absolute Gasteiger partial charge is 0.366 e. The van der Waals surface area contributed by atoms with E-state index in [-0.39, 0.29) is 0 Å². The number of benzene rings is 3. The molecule has 0 spiro atoms. The Hall–Kier alpha value is -2.85. The topological polar surface area (TPSA) is 48.0 Å². The van der Waals surface area contributed by atoms with Crippen molar-refractivity contribution in [3.05, 3.63) is 82.6 Å². The van der Waals surface area contributed by atoms with Crippen molar-refractivity contribution in [2.24, 2.45) is 5.73 Å². The average Bonchev–Trinajstić information content (AvgIpc) is 2.90. The van der Waals surface area contributed by atoms with Gasteiger partial charge in [0, 0.05) is 34.0 Å². The lowest BCUT2D eigenvalue weighted by atomic mass is 10.1. The van der Waals surface area contributed by atoms with Gasteiger partial charge in [0.25, 0.3) is 0 Å². The normalized spacial score (nSPS) is 11.3. The summed E-state index contributed by atoms with van der Waals surface area (Å²) < 4.78 is 15.8. The molecule has 0 aliphatic carbocycles. The van der Waals surface area contributed by atoms with E-state index in [1.54, 1.807) is 18.2 Å². The lowest BCUT2D eigenvalue weighted by Gasteiger charge is -2.09. The summed E-state index contributed by atoms with van der Waals surface area (Å²) >= 11 is 6.30. The Morgan fingerprint density at radius 3 is 2.64 bits per heavy atom. The molecule has 0 saturated heterocycles. The van der Waals surface area contributed by atoms with Crippen LogP contribution in [0, 0.1) is 11.9 Å². The van der Waals surface area contributed by atoms with Gasteiger partial charge in [0.05, 0.1) is 11.0 Å². The molecular weight excluding hydrogens is 339 g/mol. The van der Waals surface area contributed by atoms with Crippen LogP contribution in [0.3, 0.4) is 0 Å². The number of rotatable bonds is 3. The molecule has 3 nitrogen and oxygen atoms in total. The number of nitrogens with two attached hydrogens (primary N) is 1. The molecule has 1 aromatic heterocycles. The van der Waals surface area contributed by atoms with Crippen molar-refractivity contribution >= 4 is 39.3 Å². The fourth-order valence-electron chi connectivity index (χ4n) is 3.21. The number of carbonyl (C=O) groups excluding carboxylic acids is 1. The second kappa shape index (κ2) is 5.90. The highest BCUT2D eigenvalue weighted by molar-refractivity contribution is 6.31. The summed E-state index contributed by atoms with van der Waals surface area (Å²) in [6.07, 6.45) is 0. The van der Waals surface area contributed by atoms with E-state index in [2.05, 4.69) is 6.07 Å². The summed E-state index contributed by atoms with van der Waals surface area (Å²) in [6.45, 7) is 0.487. The van der Waals surface area contributed by atoms with Crippen LogP contribution in [0.5, 0.6) is 0 Å². The standard InChI is InChI=1S/C20H13ClFN2O/c21-16-6-2-1-4-12(16)11-24-17-9-8-13(22)10-15(17)19-14(20(23)25)5-3-7-18(19)24/h1-9H,11H2,(H2,23,25). The van der Waals surface area contributed by atoms with Gasteiger partial charge in [-0.2, -0.15) is 0 Å². The molecule has 0 bridgehead atoms. The zero-order chi connectivity index (χ0) is 17.6. The Kier molecular flexibility index (Phi) is 3.70. The molecular formula is C20H13ClFN2O. The second-order valence-corrected chi connectivity index (χ2v) is 6.22. The molecule has 0 aliphatic heterocycles. The summed E-state index contributed by atoms with van der Waals surface area (Å²) in [7, 11) is 0. The fourth-order valence-corrected chi connectivity index (χ4v) is 3.40. The maximum atomic E-state index is 13.8. The molecule has 2 N–H and O–H groups in total. The molecule has 0 unspecified atom stereocenters. The maximum Gasteiger partial charge on any atom is 0.249 e. The monoisotopic (exact) mass is 351 g/mol. The smallest absolute Gasteiger partial charge is 0.249 e. The first kappa shape index (κ1) is 15.7. The average molecular weight is 352 g/mol. The van der Waals surface area contributed by atoms with Crippen LogP contribution in [0.25, 0.3) is 21.8 Å². The van der Waals surface area contributed by atoms with Gasteiger partial charge in [-0.25, -0.2) is 4.39 Å². The van der Waals surface area contributed by atoms with Crippen molar-refractivity contribution in [2.45, 2.75) is 6.54 Å². The van der Waals surface area contributed by atoms with E-state index >= 15 is 0 Å². The fraction of sp³-hybridized carbons (Fsp3) is 0.0500. The van der Waals surface area contributed by atoms with Gasteiger partial charge in [-0.05, 0) is 35.9 Å². The Balaban J connectivity index is 2.08. The van der Waals surface area contributed by atoms with Gasteiger partial charge in [0.2, 0.25) is 5.91 Å². The number of amides is 1. The van der Waals surface area contributed by atoms with Gasteiger partial charge in [-0.3, -0.25) is 4.79 Å². The number of halogens is 2. The van der Waals surface area contributed by atoms with E-state index in [0.717, 1.165) is 16.6 Å². The molecule has 123 valence electrons. The van der Waals surface area contributed by atoms with Crippen LogP contribution in [0.2, 0.25) is 5.02 Å². The van der Waals surface area contributed by atoms with Crippen molar-refractivity contribution in [2.75, 3.05) is 0 Å². The Morgan fingerprint density at radius 1 is 1.08 bits per heavy atom. The van der Waals surface area contributed by atoms with Crippen LogP contribution in [0.1, 0.15) is 15.9 Å². The summed E-state index contributed by atoms with van der Waals surface area (Å²) in [5.41, 5.74) is 8.35. The lowest BCUT2D eigenvalue weighted by molar-refractivity contribution is 0.100. The quantitative estimate of drug-likeness (QED) is 0.579. The number of carbonyl (C=O) groups is 1. The number of hydrogen-bond acceptors (Lipinski definition) is 1. The molecule has 4 rings (SSSR count). The van der Waals surface area contributed by atoms with Crippen molar-refractivity contribution in [3.8, 4) is 0 Å². The molecule has 3 aromatic carbocycles. The third-order valence-corrected chi connectivity index (χ3v) is 4.68. The summed E-state index contributed by atoms with van der Waals surface area (Å²) in [4.78, 5) is 11.8. The number of fused-ring (bicyclic) bond motifs is 3. The van der Waals surface area contributed by atoms with E-state index < -0.39 is 11.7 Å². The summed E-state index contributed by atoms with van der Waals surface area (Å²) in [6, 6.07) is 18.6. The predicted molar refractivity (Wildman–Crippen MR) is 97.3 cm³/mol. The van der Waals surface area contributed by atoms with Crippen molar-refractivity contribution < 1.29 is 9.18 Å². The zero-order valence-electron chi connectivity index (χ0n) is 13.1. The minimum absolute atomic E-state index is 0.349. The highest BCUT2D eigenvalue weighted by Gasteiger charge is 2.17. The van der Waals surface area contributed by atoms with Gasteiger partial charge in [-0.1, -0.05) is 35.9 Å². The van der Waals surface area contributed by atoms with Crippen molar-refractivity contribution in [1.29, 1.82) is 0 Å². The number of aromatic nitrogens is 1. The van der Waals surface area contributed by atoms with Crippen LogP contribution < -0.4 is 5.73 Å².